The molecule has 0 spiro atoms. The van der Waals surface area contributed by atoms with Gasteiger partial charge in [-0.15, -0.1) is 0 Å². The summed E-state index contributed by atoms with van der Waals surface area (Å²) in [5.41, 5.74) is 0.722. The van der Waals surface area contributed by atoms with E-state index in [4.69, 9.17) is 4.74 Å². The lowest BCUT2D eigenvalue weighted by atomic mass is 10.1. The molecule has 140 valence electrons. The number of hydrogen-bond acceptors (Lipinski definition) is 5. The molecular formula is C18H24N4O4. The van der Waals surface area contributed by atoms with Crippen molar-refractivity contribution in [2.75, 3.05) is 51.7 Å². The number of esters is 1. The number of anilines is 1. The number of carbonyl (C=O) groups is 3. The molecule has 0 saturated carbocycles. The Bertz CT molecular complexity index is 708. The van der Waals surface area contributed by atoms with Crippen LogP contribution in [0.25, 0.3) is 0 Å². The Labute approximate surface area is 152 Å². The summed E-state index contributed by atoms with van der Waals surface area (Å²) >= 11 is 0. The zero-order valence-electron chi connectivity index (χ0n) is 15.1. The summed E-state index contributed by atoms with van der Waals surface area (Å²) in [7, 11) is 1.79. The normalized spacial score (nSPS) is 20.5. The van der Waals surface area contributed by atoms with Crippen molar-refractivity contribution >= 4 is 23.6 Å². The topological polar surface area (TPSA) is 82.2 Å². The van der Waals surface area contributed by atoms with E-state index in [-0.39, 0.29) is 24.6 Å². The minimum atomic E-state index is -0.475. The maximum atomic E-state index is 12.7. The van der Waals surface area contributed by atoms with Gasteiger partial charge in [0.05, 0.1) is 17.9 Å². The van der Waals surface area contributed by atoms with Crippen LogP contribution < -0.4 is 5.32 Å². The summed E-state index contributed by atoms with van der Waals surface area (Å²) in [5.74, 6) is -0.432. The van der Waals surface area contributed by atoms with Crippen LogP contribution in [0.4, 0.5) is 10.5 Å². The Morgan fingerprint density at radius 3 is 2.69 bits per heavy atom. The smallest absolute Gasteiger partial charge is 0.340 e. The Kier molecular flexibility index (Phi) is 5.41. The van der Waals surface area contributed by atoms with Crippen molar-refractivity contribution in [2.45, 2.75) is 13.0 Å². The van der Waals surface area contributed by atoms with E-state index in [0.717, 1.165) is 6.54 Å². The fourth-order valence-electron chi connectivity index (χ4n) is 3.32. The SMILES string of the molecule is CCOC(=O)c1ccccc1NC(=O)N1CCN2CCN(C)C(=O)[C@@H]2C1. The number of ether oxygens (including phenoxy) is 1. The molecule has 0 unspecified atom stereocenters. The first-order valence-electron chi connectivity index (χ1n) is 8.82. The van der Waals surface area contributed by atoms with Crippen molar-refractivity contribution in [3.05, 3.63) is 29.8 Å². The van der Waals surface area contributed by atoms with Gasteiger partial charge in [0.1, 0.15) is 6.04 Å². The van der Waals surface area contributed by atoms with E-state index in [1.807, 2.05) is 0 Å². The number of rotatable bonds is 3. The van der Waals surface area contributed by atoms with Gasteiger partial charge in [-0.1, -0.05) is 12.1 Å². The van der Waals surface area contributed by atoms with Crippen molar-refractivity contribution in [3.63, 3.8) is 0 Å². The fourth-order valence-corrected chi connectivity index (χ4v) is 3.32. The molecule has 8 nitrogen and oxygen atoms in total. The Morgan fingerprint density at radius 1 is 1.19 bits per heavy atom. The molecule has 2 aliphatic heterocycles. The number of urea groups is 1. The van der Waals surface area contributed by atoms with Gasteiger partial charge in [0.2, 0.25) is 5.91 Å². The van der Waals surface area contributed by atoms with Crippen molar-refractivity contribution in [1.29, 1.82) is 0 Å². The molecule has 0 aliphatic carbocycles. The quantitative estimate of drug-likeness (QED) is 0.809. The first-order valence-corrected chi connectivity index (χ1v) is 8.82. The van der Waals surface area contributed by atoms with Crippen LogP contribution >= 0.6 is 0 Å². The largest absolute Gasteiger partial charge is 0.462 e. The van der Waals surface area contributed by atoms with Gasteiger partial charge in [0.15, 0.2) is 0 Å². The number of para-hydroxylation sites is 1. The molecule has 2 fully saturated rings. The standard InChI is InChI=1S/C18H24N4O4/c1-3-26-17(24)13-6-4-5-7-14(13)19-18(25)22-11-10-21-9-8-20(2)16(23)15(21)12-22/h4-7,15H,3,8-12H2,1-2H3,(H,19,25)/t15-/m0/s1. The molecule has 8 heteroatoms. The van der Waals surface area contributed by atoms with E-state index in [2.05, 4.69) is 10.2 Å². The third kappa shape index (κ3) is 3.65. The average molecular weight is 360 g/mol. The van der Waals surface area contributed by atoms with Crippen molar-refractivity contribution in [3.8, 4) is 0 Å². The first-order chi connectivity index (χ1) is 12.5. The number of amides is 3. The molecule has 0 radical (unpaired) electrons. The van der Waals surface area contributed by atoms with Crippen LogP contribution in [0.15, 0.2) is 24.3 Å². The van der Waals surface area contributed by atoms with Gasteiger partial charge < -0.3 is 19.9 Å². The molecule has 1 atom stereocenters. The molecule has 2 heterocycles. The summed E-state index contributed by atoms with van der Waals surface area (Å²) in [6.45, 7) is 5.09. The van der Waals surface area contributed by atoms with Crippen LogP contribution in [-0.4, -0.2) is 85.0 Å². The molecule has 0 aromatic heterocycles. The summed E-state index contributed by atoms with van der Waals surface area (Å²) in [5, 5.41) is 2.78. The van der Waals surface area contributed by atoms with Gasteiger partial charge in [0.25, 0.3) is 0 Å². The highest BCUT2D eigenvalue weighted by atomic mass is 16.5. The predicted molar refractivity (Wildman–Crippen MR) is 96.0 cm³/mol. The van der Waals surface area contributed by atoms with E-state index >= 15 is 0 Å². The lowest BCUT2D eigenvalue weighted by Gasteiger charge is -2.45. The highest BCUT2D eigenvalue weighted by Crippen LogP contribution is 2.20. The summed E-state index contributed by atoms with van der Waals surface area (Å²) in [6, 6.07) is 6.13. The van der Waals surface area contributed by atoms with E-state index < -0.39 is 5.97 Å². The summed E-state index contributed by atoms with van der Waals surface area (Å²) < 4.78 is 5.03. The third-order valence-electron chi connectivity index (χ3n) is 4.83. The second kappa shape index (κ2) is 7.74. The predicted octanol–water partition coefficient (Wildman–Crippen LogP) is 0.853. The number of fused-ring (bicyclic) bond motifs is 1. The zero-order chi connectivity index (χ0) is 18.7. The number of nitrogens with zero attached hydrogens (tertiary/aromatic N) is 3. The molecule has 3 amide bonds. The number of carbonyl (C=O) groups excluding carboxylic acids is 3. The first kappa shape index (κ1) is 18.2. The van der Waals surface area contributed by atoms with Crippen LogP contribution in [0.3, 0.4) is 0 Å². The minimum Gasteiger partial charge on any atom is -0.462 e. The van der Waals surface area contributed by atoms with Crippen LogP contribution in [0.5, 0.6) is 0 Å². The molecule has 1 N–H and O–H groups in total. The highest BCUT2D eigenvalue weighted by Gasteiger charge is 2.38. The van der Waals surface area contributed by atoms with Crippen molar-refractivity contribution in [2.24, 2.45) is 0 Å². The molecule has 26 heavy (non-hydrogen) atoms. The molecule has 2 saturated heterocycles. The molecule has 1 aromatic rings. The molecule has 0 bridgehead atoms. The Balaban J connectivity index is 1.69. The molecule has 3 rings (SSSR count). The van der Waals surface area contributed by atoms with Crippen LogP contribution in [0.2, 0.25) is 0 Å². The van der Waals surface area contributed by atoms with Gasteiger partial charge in [-0.05, 0) is 19.1 Å². The zero-order valence-corrected chi connectivity index (χ0v) is 15.1. The van der Waals surface area contributed by atoms with Gasteiger partial charge in [-0.25, -0.2) is 9.59 Å². The molecular weight excluding hydrogens is 336 g/mol. The monoisotopic (exact) mass is 360 g/mol. The highest BCUT2D eigenvalue weighted by molar-refractivity contribution is 6.01. The maximum Gasteiger partial charge on any atom is 0.340 e. The Morgan fingerprint density at radius 2 is 1.92 bits per heavy atom. The second-order valence-electron chi connectivity index (χ2n) is 6.45. The number of hydrogen-bond donors (Lipinski definition) is 1. The fraction of sp³-hybridized carbons (Fsp3) is 0.500. The summed E-state index contributed by atoms with van der Waals surface area (Å²) in [4.78, 5) is 42.6. The van der Waals surface area contributed by atoms with Crippen LogP contribution in [0, 0.1) is 0 Å². The van der Waals surface area contributed by atoms with Crippen molar-refractivity contribution in [1.82, 2.24) is 14.7 Å². The van der Waals surface area contributed by atoms with Gasteiger partial charge in [-0.2, -0.15) is 0 Å². The lowest BCUT2D eigenvalue weighted by molar-refractivity contribution is -0.142. The Hall–Kier alpha value is -2.61. The maximum absolute atomic E-state index is 12.7. The van der Waals surface area contributed by atoms with E-state index in [1.54, 1.807) is 48.0 Å². The minimum absolute atomic E-state index is 0.0423. The number of likely N-dealkylation sites (N-methyl/N-ethyl adjacent to an activating group) is 1. The second-order valence-corrected chi connectivity index (χ2v) is 6.45. The van der Waals surface area contributed by atoms with E-state index in [1.165, 1.54) is 0 Å². The number of benzene rings is 1. The lowest BCUT2D eigenvalue weighted by Crippen LogP contribution is -2.65. The summed E-state index contributed by atoms with van der Waals surface area (Å²) in [6.07, 6.45) is 0. The van der Waals surface area contributed by atoms with Crippen LogP contribution in [-0.2, 0) is 9.53 Å². The van der Waals surface area contributed by atoms with Crippen LogP contribution in [0.1, 0.15) is 17.3 Å². The van der Waals surface area contributed by atoms with Gasteiger partial charge in [0, 0.05) is 39.8 Å². The van der Waals surface area contributed by atoms with E-state index in [9.17, 15) is 14.4 Å². The number of piperazine rings is 2. The van der Waals surface area contributed by atoms with Gasteiger partial charge >= 0.3 is 12.0 Å². The molecule has 2 aliphatic rings. The van der Waals surface area contributed by atoms with Gasteiger partial charge in [-0.3, -0.25) is 9.69 Å². The number of nitrogens with one attached hydrogen (secondary N) is 1. The van der Waals surface area contributed by atoms with E-state index in [0.29, 0.717) is 37.4 Å². The van der Waals surface area contributed by atoms with Crippen molar-refractivity contribution < 1.29 is 19.1 Å². The molecule has 1 aromatic carbocycles. The third-order valence-corrected chi connectivity index (χ3v) is 4.83. The average Bonchev–Trinajstić information content (AvgIpc) is 2.65.